The minimum atomic E-state index is 0.339. The Labute approximate surface area is 102 Å². The van der Waals surface area contributed by atoms with Crippen LogP contribution in [0, 0.1) is 5.92 Å². The van der Waals surface area contributed by atoms with Crippen LogP contribution in [-0.4, -0.2) is 16.5 Å². The number of nitrogen functional groups attached to an aromatic ring is 1. The molecule has 4 N–H and O–H groups in total. The van der Waals surface area contributed by atoms with Gasteiger partial charge >= 0.3 is 0 Å². The van der Waals surface area contributed by atoms with Crippen LogP contribution in [0.5, 0.6) is 0 Å². The van der Waals surface area contributed by atoms with Crippen LogP contribution in [0.2, 0.25) is 0 Å². The molecule has 0 bridgehead atoms. The van der Waals surface area contributed by atoms with Gasteiger partial charge in [0, 0.05) is 12.1 Å². The summed E-state index contributed by atoms with van der Waals surface area (Å²) in [6, 6.07) is 0. The molecule has 0 atom stereocenters. The van der Waals surface area contributed by atoms with E-state index in [1.165, 1.54) is 19.3 Å². The third-order valence-electron chi connectivity index (χ3n) is 3.14. The van der Waals surface area contributed by atoms with Crippen LogP contribution in [0.3, 0.4) is 0 Å². The summed E-state index contributed by atoms with van der Waals surface area (Å²) < 4.78 is 0. The van der Waals surface area contributed by atoms with Gasteiger partial charge < -0.3 is 10.7 Å². The highest BCUT2D eigenvalue weighted by Gasteiger charge is 2.21. The fourth-order valence-electron chi connectivity index (χ4n) is 2.00. The largest absolute Gasteiger partial charge is 0.370 e. The molecule has 1 saturated carbocycles. The van der Waals surface area contributed by atoms with Crippen molar-refractivity contribution in [3.63, 3.8) is 0 Å². The Hall–Kier alpha value is -1.36. The lowest BCUT2D eigenvalue weighted by molar-refractivity contribution is 0.753. The van der Waals surface area contributed by atoms with Crippen LogP contribution in [0.15, 0.2) is 6.33 Å². The van der Waals surface area contributed by atoms with E-state index < -0.39 is 0 Å². The third kappa shape index (κ3) is 3.06. The first-order valence-electron chi connectivity index (χ1n) is 6.27. The molecule has 0 radical (unpaired) electrons. The van der Waals surface area contributed by atoms with Gasteiger partial charge in [-0.1, -0.05) is 26.7 Å². The van der Waals surface area contributed by atoms with E-state index >= 15 is 0 Å². The topological polar surface area (TPSA) is 75.9 Å². The summed E-state index contributed by atoms with van der Waals surface area (Å²) >= 11 is 0. The zero-order valence-corrected chi connectivity index (χ0v) is 10.5. The minimum absolute atomic E-state index is 0.339. The first-order chi connectivity index (χ1) is 8.22. The first kappa shape index (κ1) is 12.1. The van der Waals surface area contributed by atoms with Crippen LogP contribution in [-0.2, 0) is 0 Å². The van der Waals surface area contributed by atoms with E-state index in [1.807, 2.05) is 0 Å². The molecule has 1 heterocycles. The van der Waals surface area contributed by atoms with Crippen LogP contribution in [0.4, 0.5) is 11.6 Å². The van der Waals surface area contributed by atoms with E-state index in [9.17, 15) is 0 Å². The van der Waals surface area contributed by atoms with Gasteiger partial charge in [-0.05, 0) is 18.3 Å². The number of nitrogens with two attached hydrogens (primary N) is 1. The highest BCUT2D eigenvalue weighted by molar-refractivity contribution is 5.58. The molecule has 94 valence electrons. The zero-order valence-electron chi connectivity index (χ0n) is 10.5. The van der Waals surface area contributed by atoms with Gasteiger partial charge in [-0.3, -0.25) is 0 Å². The number of rotatable bonds is 6. The van der Waals surface area contributed by atoms with Gasteiger partial charge in [-0.15, -0.1) is 0 Å². The van der Waals surface area contributed by atoms with Crippen molar-refractivity contribution in [1.82, 2.24) is 9.97 Å². The molecule has 5 heteroatoms. The third-order valence-corrected chi connectivity index (χ3v) is 3.14. The summed E-state index contributed by atoms with van der Waals surface area (Å²) in [7, 11) is 0. The van der Waals surface area contributed by atoms with E-state index in [4.69, 9.17) is 5.84 Å². The van der Waals surface area contributed by atoms with Gasteiger partial charge in [-0.25, -0.2) is 15.8 Å². The number of anilines is 2. The number of aromatic nitrogens is 2. The predicted octanol–water partition coefficient (Wildman–Crippen LogP) is 2.10. The summed E-state index contributed by atoms with van der Waals surface area (Å²) in [5, 5.41) is 3.39. The zero-order chi connectivity index (χ0) is 12.3. The van der Waals surface area contributed by atoms with Crippen molar-refractivity contribution in [3.05, 3.63) is 11.9 Å². The second-order valence-electron chi connectivity index (χ2n) is 4.94. The van der Waals surface area contributed by atoms with Crippen LogP contribution >= 0.6 is 0 Å². The molecule has 1 aliphatic rings. The molecule has 0 saturated heterocycles. The van der Waals surface area contributed by atoms with Gasteiger partial charge in [0.05, 0.1) is 0 Å². The van der Waals surface area contributed by atoms with Crippen LogP contribution in [0.1, 0.15) is 44.6 Å². The fraction of sp³-hybridized carbons (Fsp3) is 0.667. The van der Waals surface area contributed by atoms with Crippen molar-refractivity contribution >= 4 is 11.6 Å². The van der Waals surface area contributed by atoms with Gasteiger partial charge in [0.15, 0.2) is 0 Å². The SMILES string of the molecule is CC(C)c1c(NN)ncnc1NCCC1CC1. The van der Waals surface area contributed by atoms with Crippen LogP contribution < -0.4 is 16.6 Å². The lowest BCUT2D eigenvalue weighted by atomic mass is 10.0. The Morgan fingerprint density at radius 2 is 2.06 bits per heavy atom. The molecule has 0 aliphatic heterocycles. The molecule has 0 spiro atoms. The highest BCUT2D eigenvalue weighted by Crippen LogP contribution is 2.33. The summed E-state index contributed by atoms with van der Waals surface area (Å²) in [6.45, 7) is 5.21. The molecular weight excluding hydrogens is 214 g/mol. The number of hydrogen-bond donors (Lipinski definition) is 3. The Balaban J connectivity index is 2.07. The molecule has 1 aromatic rings. The summed E-state index contributed by atoms with van der Waals surface area (Å²) in [4.78, 5) is 8.46. The van der Waals surface area contributed by atoms with Gasteiger partial charge in [-0.2, -0.15) is 0 Å². The molecule has 0 amide bonds. The normalized spacial score (nSPS) is 15.1. The number of nitrogens with one attached hydrogen (secondary N) is 2. The lowest BCUT2D eigenvalue weighted by Gasteiger charge is -2.16. The van der Waals surface area contributed by atoms with Gasteiger partial charge in [0.1, 0.15) is 18.0 Å². The standard InChI is InChI=1S/C12H21N5/c1-8(2)10-11(14-6-5-9-3-4-9)15-7-16-12(10)17-13/h7-9H,3-6,13H2,1-2H3,(H2,14,15,16,17). The second kappa shape index (κ2) is 5.31. The fourth-order valence-corrected chi connectivity index (χ4v) is 2.00. The van der Waals surface area contributed by atoms with E-state index in [1.54, 1.807) is 6.33 Å². The van der Waals surface area contributed by atoms with E-state index in [-0.39, 0.29) is 0 Å². The Kier molecular flexibility index (Phi) is 3.78. The molecule has 2 rings (SSSR count). The molecule has 0 aromatic carbocycles. The van der Waals surface area contributed by atoms with Crippen molar-refractivity contribution in [2.75, 3.05) is 17.3 Å². The summed E-state index contributed by atoms with van der Waals surface area (Å²) in [6.07, 6.45) is 5.55. The molecular formula is C12H21N5. The molecule has 1 aliphatic carbocycles. The van der Waals surface area contributed by atoms with E-state index in [2.05, 4.69) is 34.6 Å². The quantitative estimate of drug-likeness (QED) is 0.520. The van der Waals surface area contributed by atoms with Crippen LogP contribution in [0.25, 0.3) is 0 Å². The highest BCUT2D eigenvalue weighted by atomic mass is 15.3. The van der Waals surface area contributed by atoms with Crippen molar-refractivity contribution in [1.29, 1.82) is 0 Å². The van der Waals surface area contributed by atoms with Crippen molar-refractivity contribution in [2.24, 2.45) is 11.8 Å². The average Bonchev–Trinajstić information content (AvgIpc) is 3.12. The van der Waals surface area contributed by atoms with Gasteiger partial charge in [0.2, 0.25) is 0 Å². The second-order valence-corrected chi connectivity index (χ2v) is 4.94. The smallest absolute Gasteiger partial charge is 0.148 e. The maximum atomic E-state index is 5.48. The molecule has 5 nitrogen and oxygen atoms in total. The molecule has 1 fully saturated rings. The molecule has 0 unspecified atom stereocenters. The average molecular weight is 235 g/mol. The number of hydrogen-bond acceptors (Lipinski definition) is 5. The van der Waals surface area contributed by atoms with E-state index in [0.29, 0.717) is 11.7 Å². The van der Waals surface area contributed by atoms with Crippen molar-refractivity contribution < 1.29 is 0 Å². The van der Waals surface area contributed by atoms with E-state index in [0.717, 1.165) is 23.8 Å². The number of nitrogens with zero attached hydrogens (tertiary/aromatic N) is 2. The Bertz CT molecular complexity index is 373. The molecule has 1 aromatic heterocycles. The minimum Gasteiger partial charge on any atom is -0.370 e. The van der Waals surface area contributed by atoms with Crippen molar-refractivity contribution in [2.45, 2.75) is 39.0 Å². The molecule has 17 heavy (non-hydrogen) atoms. The maximum absolute atomic E-state index is 5.48. The Morgan fingerprint density at radius 1 is 1.35 bits per heavy atom. The summed E-state index contributed by atoms with van der Waals surface area (Å²) in [5.74, 6) is 8.36. The van der Waals surface area contributed by atoms with Gasteiger partial charge in [0.25, 0.3) is 0 Å². The lowest BCUT2D eigenvalue weighted by Crippen LogP contribution is -2.15. The number of hydrazine groups is 1. The van der Waals surface area contributed by atoms with Crippen molar-refractivity contribution in [3.8, 4) is 0 Å². The summed E-state index contributed by atoms with van der Waals surface area (Å²) in [5.41, 5.74) is 3.70. The first-order valence-corrected chi connectivity index (χ1v) is 6.27. The predicted molar refractivity (Wildman–Crippen MR) is 69.8 cm³/mol. The maximum Gasteiger partial charge on any atom is 0.148 e. The Morgan fingerprint density at radius 3 is 2.65 bits per heavy atom. The monoisotopic (exact) mass is 235 g/mol.